The van der Waals surface area contributed by atoms with Crippen LogP contribution in [0.1, 0.15) is 17.5 Å². The van der Waals surface area contributed by atoms with E-state index >= 15 is 0 Å². The number of esters is 2. The van der Waals surface area contributed by atoms with Crippen LogP contribution in [0.5, 0.6) is 0 Å². The number of carbonyl (C=O) groups is 2. The number of hydrogen-bond donors (Lipinski definition) is 0. The van der Waals surface area contributed by atoms with Crippen LogP contribution in [-0.2, 0) is 14.3 Å². The van der Waals surface area contributed by atoms with Gasteiger partial charge in [-0.25, -0.2) is 0 Å². The molecule has 4 unspecified atom stereocenters. The minimum atomic E-state index is -0.335. The summed E-state index contributed by atoms with van der Waals surface area (Å²) in [5, 5.41) is 0. The van der Waals surface area contributed by atoms with Crippen molar-refractivity contribution in [3.05, 3.63) is 71.8 Å². The van der Waals surface area contributed by atoms with Gasteiger partial charge in [0.05, 0.1) is 11.8 Å². The molecule has 3 heteroatoms. The van der Waals surface area contributed by atoms with Gasteiger partial charge in [0.15, 0.2) is 0 Å². The first-order valence-corrected chi connectivity index (χ1v) is 8.36. The Bertz CT molecular complexity index is 795. The van der Waals surface area contributed by atoms with Gasteiger partial charge in [0.2, 0.25) is 0 Å². The maximum atomic E-state index is 12.2. The summed E-state index contributed by atoms with van der Waals surface area (Å²) in [4.78, 5) is 24.4. The third-order valence-electron chi connectivity index (χ3n) is 5.71. The number of fused-ring (bicyclic) bond motifs is 5. The number of ether oxygens (including phenoxy) is 1. The number of carbonyl (C=O) groups excluding carboxylic acids is 2. The molecule has 0 N–H and O–H groups in total. The standard InChI is InChI=1S/C21H16O3/c22-20-18-14-11-15(19(18)21(23)24-20)17(13-9-5-2-6-10-13)16(14)12-7-3-1-4-8-12/h1-10,14-15,18-19H,11H2. The van der Waals surface area contributed by atoms with Gasteiger partial charge in [-0.2, -0.15) is 0 Å². The van der Waals surface area contributed by atoms with Gasteiger partial charge in [0, 0.05) is 0 Å². The molecule has 4 atom stereocenters. The van der Waals surface area contributed by atoms with Crippen molar-refractivity contribution in [1.29, 1.82) is 0 Å². The van der Waals surface area contributed by atoms with E-state index in [9.17, 15) is 9.59 Å². The second kappa shape index (κ2) is 4.91. The van der Waals surface area contributed by atoms with Crippen LogP contribution in [0.25, 0.3) is 11.1 Å². The first-order valence-electron chi connectivity index (χ1n) is 8.36. The molecule has 1 heterocycles. The summed E-state index contributed by atoms with van der Waals surface area (Å²) in [6, 6.07) is 20.4. The first kappa shape index (κ1) is 13.7. The smallest absolute Gasteiger partial charge is 0.318 e. The van der Waals surface area contributed by atoms with Crippen LogP contribution in [-0.4, -0.2) is 11.9 Å². The zero-order chi connectivity index (χ0) is 16.3. The van der Waals surface area contributed by atoms with Gasteiger partial charge >= 0.3 is 11.9 Å². The molecule has 2 bridgehead atoms. The van der Waals surface area contributed by atoms with E-state index < -0.39 is 0 Å². The van der Waals surface area contributed by atoms with Crippen LogP contribution in [0.15, 0.2) is 60.7 Å². The molecule has 0 radical (unpaired) electrons. The molecule has 1 aliphatic heterocycles. The van der Waals surface area contributed by atoms with E-state index in [0.717, 1.165) is 17.5 Å². The number of cyclic esters (lactones) is 2. The summed E-state index contributed by atoms with van der Waals surface area (Å²) >= 11 is 0. The Morgan fingerprint density at radius 3 is 1.50 bits per heavy atom. The molecule has 2 aromatic rings. The normalized spacial score (nSPS) is 30.7. The van der Waals surface area contributed by atoms with Crippen molar-refractivity contribution in [2.24, 2.45) is 23.7 Å². The van der Waals surface area contributed by atoms with E-state index in [-0.39, 0.29) is 35.6 Å². The second-order valence-corrected chi connectivity index (χ2v) is 6.80. The Morgan fingerprint density at radius 1 is 0.667 bits per heavy atom. The average molecular weight is 316 g/mol. The highest BCUT2D eigenvalue weighted by atomic mass is 16.6. The van der Waals surface area contributed by atoms with Gasteiger partial charge in [0.25, 0.3) is 0 Å². The van der Waals surface area contributed by atoms with Crippen LogP contribution in [0, 0.1) is 23.7 Å². The van der Waals surface area contributed by atoms with E-state index in [1.54, 1.807) is 0 Å². The molecule has 2 aromatic carbocycles. The SMILES string of the molecule is O=C1OC(=O)C2C3CC(C(c4ccccc4)=C3c3ccccc3)C12. The fourth-order valence-electron chi connectivity index (χ4n) is 4.89. The molecule has 0 aromatic heterocycles. The Morgan fingerprint density at radius 2 is 1.08 bits per heavy atom. The lowest BCUT2D eigenvalue weighted by molar-refractivity contribution is -0.154. The van der Waals surface area contributed by atoms with E-state index in [0.29, 0.717) is 0 Å². The number of hydrogen-bond acceptors (Lipinski definition) is 3. The van der Waals surface area contributed by atoms with E-state index in [4.69, 9.17) is 4.74 Å². The molecule has 24 heavy (non-hydrogen) atoms. The maximum absolute atomic E-state index is 12.2. The molecule has 5 rings (SSSR count). The quantitative estimate of drug-likeness (QED) is 0.628. The van der Waals surface area contributed by atoms with Gasteiger partial charge in [-0.1, -0.05) is 60.7 Å². The zero-order valence-electron chi connectivity index (χ0n) is 13.0. The Balaban J connectivity index is 1.74. The Labute approximate surface area is 140 Å². The second-order valence-electron chi connectivity index (χ2n) is 6.80. The molecule has 0 amide bonds. The molecule has 3 nitrogen and oxygen atoms in total. The summed E-state index contributed by atoms with van der Waals surface area (Å²) in [7, 11) is 0. The molecule has 2 aliphatic carbocycles. The third-order valence-corrected chi connectivity index (χ3v) is 5.71. The molecule has 0 spiro atoms. The van der Waals surface area contributed by atoms with Gasteiger partial charge in [-0.15, -0.1) is 0 Å². The molecule has 1 saturated heterocycles. The maximum Gasteiger partial charge on any atom is 0.318 e. The van der Waals surface area contributed by atoms with Crippen molar-refractivity contribution in [3.8, 4) is 0 Å². The third kappa shape index (κ3) is 1.72. The molecule has 2 fully saturated rings. The van der Waals surface area contributed by atoms with Gasteiger partial charge in [0.1, 0.15) is 0 Å². The van der Waals surface area contributed by atoms with Crippen LogP contribution < -0.4 is 0 Å². The Hall–Kier alpha value is -2.68. The number of benzene rings is 2. The van der Waals surface area contributed by atoms with Gasteiger partial charge < -0.3 is 4.74 Å². The summed E-state index contributed by atoms with van der Waals surface area (Å²) in [5.41, 5.74) is 4.74. The largest absolute Gasteiger partial charge is 0.393 e. The average Bonchev–Trinajstić information content (AvgIpc) is 3.27. The first-order chi connectivity index (χ1) is 11.8. The monoisotopic (exact) mass is 316 g/mol. The zero-order valence-corrected chi connectivity index (χ0v) is 13.0. The molecular formula is C21H16O3. The molecule has 118 valence electrons. The van der Waals surface area contributed by atoms with Crippen molar-refractivity contribution in [3.63, 3.8) is 0 Å². The van der Waals surface area contributed by atoms with Crippen LogP contribution >= 0.6 is 0 Å². The van der Waals surface area contributed by atoms with E-state index in [1.807, 2.05) is 36.4 Å². The highest BCUT2D eigenvalue weighted by molar-refractivity contribution is 6.06. The van der Waals surface area contributed by atoms with Crippen molar-refractivity contribution in [1.82, 2.24) is 0 Å². The molecular weight excluding hydrogens is 300 g/mol. The van der Waals surface area contributed by atoms with Crippen LogP contribution in [0.2, 0.25) is 0 Å². The lowest BCUT2D eigenvalue weighted by Crippen LogP contribution is -2.26. The number of allylic oxidation sites excluding steroid dienone is 2. The topological polar surface area (TPSA) is 43.4 Å². The van der Waals surface area contributed by atoms with Crippen molar-refractivity contribution in [2.75, 3.05) is 0 Å². The highest BCUT2D eigenvalue weighted by Crippen LogP contribution is 2.63. The summed E-state index contributed by atoms with van der Waals surface area (Å²) < 4.78 is 4.97. The van der Waals surface area contributed by atoms with Gasteiger partial charge in [-0.3, -0.25) is 9.59 Å². The van der Waals surface area contributed by atoms with Crippen molar-refractivity contribution < 1.29 is 14.3 Å². The van der Waals surface area contributed by atoms with E-state index in [2.05, 4.69) is 24.3 Å². The molecule has 1 saturated carbocycles. The fraction of sp³-hybridized carbons (Fsp3) is 0.238. The van der Waals surface area contributed by atoms with Crippen molar-refractivity contribution >= 4 is 23.1 Å². The predicted octanol–water partition coefficient (Wildman–Crippen LogP) is 3.56. The summed E-state index contributed by atoms with van der Waals surface area (Å²) in [6.07, 6.45) is 0.866. The minimum Gasteiger partial charge on any atom is -0.393 e. The van der Waals surface area contributed by atoms with Crippen LogP contribution in [0.4, 0.5) is 0 Å². The summed E-state index contributed by atoms with van der Waals surface area (Å²) in [6.45, 7) is 0. The fourth-order valence-corrected chi connectivity index (χ4v) is 4.89. The minimum absolute atomic E-state index is 0.0801. The lowest BCUT2D eigenvalue weighted by Gasteiger charge is -2.26. The predicted molar refractivity (Wildman–Crippen MR) is 89.4 cm³/mol. The van der Waals surface area contributed by atoms with E-state index in [1.165, 1.54) is 11.1 Å². The Kier molecular flexibility index (Phi) is 2.81. The van der Waals surface area contributed by atoms with Crippen LogP contribution in [0.3, 0.4) is 0 Å². The number of rotatable bonds is 2. The van der Waals surface area contributed by atoms with Crippen molar-refractivity contribution in [2.45, 2.75) is 6.42 Å². The van der Waals surface area contributed by atoms with Gasteiger partial charge in [-0.05, 0) is 40.5 Å². The molecule has 3 aliphatic rings. The highest BCUT2D eigenvalue weighted by Gasteiger charge is 2.62. The lowest BCUT2D eigenvalue weighted by atomic mass is 9.73. The summed E-state index contributed by atoms with van der Waals surface area (Å²) in [5.74, 6) is -1.11.